The number of benzene rings is 1. The Kier molecular flexibility index (Phi) is 4.51. The summed E-state index contributed by atoms with van der Waals surface area (Å²) in [5.74, 6) is 0.497. The highest BCUT2D eigenvalue weighted by Gasteiger charge is 2.13. The van der Waals surface area contributed by atoms with E-state index in [1.165, 1.54) is 25.4 Å². The van der Waals surface area contributed by atoms with E-state index in [1.807, 2.05) is 6.92 Å². The van der Waals surface area contributed by atoms with Gasteiger partial charge in [-0.1, -0.05) is 0 Å². The average Bonchev–Trinajstić information content (AvgIpc) is 2.90. The van der Waals surface area contributed by atoms with Crippen LogP contribution in [0.4, 0.5) is 0 Å². The van der Waals surface area contributed by atoms with Gasteiger partial charge in [-0.05, 0) is 38.1 Å². The summed E-state index contributed by atoms with van der Waals surface area (Å²) in [5.41, 5.74) is 1.80. The molecule has 2 rings (SSSR count). The average molecular weight is 298 g/mol. The number of aryl methyl sites for hydroxylation is 1. The second-order valence-corrected chi connectivity index (χ2v) is 5.69. The van der Waals surface area contributed by atoms with E-state index in [0.717, 1.165) is 10.4 Å². The van der Waals surface area contributed by atoms with Gasteiger partial charge in [0.2, 0.25) is 0 Å². The van der Waals surface area contributed by atoms with Crippen LogP contribution in [0.15, 0.2) is 24.4 Å². The van der Waals surface area contributed by atoms with E-state index in [4.69, 9.17) is 10.00 Å². The minimum absolute atomic E-state index is 0.0595. The first kappa shape index (κ1) is 14.9. The number of nitrogens with zero attached hydrogens (tertiary/aromatic N) is 2. The number of carbonyl (C=O) groups excluding carboxylic acids is 1. The molecule has 0 aliphatic rings. The molecule has 0 radical (unpaired) electrons. The number of rotatable bonds is 4. The molecule has 0 unspecified atom stereocenters. The fourth-order valence-corrected chi connectivity index (χ4v) is 2.68. The SMILES string of the molecule is COc1cc(C#N)ccc1C=C(C(C)=O)c1ncc(C)s1. The number of hydrogen-bond donors (Lipinski definition) is 0. The summed E-state index contributed by atoms with van der Waals surface area (Å²) in [5, 5.41) is 9.60. The van der Waals surface area contributed by atoms with E-state index in [1.54, 1.807) is 30.5 Å². The number of thiazole rings is 1. The normalized spacial score (nSPS) is 11.0. The van der Waals surface area contributed by atoms with Gasteiger partial charge < -0.3 is 4.74 Å². The molecule has 0 atom stereocenters. The Morgan fingerprint density at radius 3 is 2.76 bits per heavy atom. The molecule has 0 saturated heterocycles. The van der Waals surface area contributed by atoms with Crippen LogP contribution in [0.1, 0.15) is 27.9 Å². The second kappa shape index (κ2) is 6.33. The summed E-state index contributed by atoms with van der Waals surface area (Å²) in [6.07, 6.45) is 3.49. The molecule has 0 N–H and O–H groups in total. The first-order valence-corrected chi connectivity index (χ1v) is 7.10. The molecule has 1 aromatic heterocycles. The molecule has 0 saturated carbocycles. The van der Waals surface area contributed by atoms with Gasteiger partial charge in [0.05, 0.1) is 24.3 Å². The van der Waals surface area contributed by atoms with E-state index in [-0.39, 0.29) is 5.78 Å². The molecule has 1 heterocycles. The summed E-state index contributed by atoms with van der Waals surface area (Å²) >= 11 is 1.47. The van der Waals surface area contributed by atoms with Crippen LogP contribution in [0.5, 0.6) is 5.75 Å². The van der Waals surface area contributed by atoms with Crippen LogP contribution in [0, 0.1) is 18.3 Å². The predicted molar refractivity (Wildman–Crippen MR) is 83.1 cm³/mol. The molecule has 21 heavy (non-hydrogen) atoms. The Labute approximate surface area is 127 Å². The first-order valence-electron chi connectivity index (χ1n) is 6.28. The number of carbonyl (C=O) groups is 1. The molecule has 2 aromatic rings. The van der Waals surface area contributed by atoms with E-state index in [9.17, 15) is 4.79 Å². The highest BCUT2D eigenvalue weighted by atomic mass is 32.1. The number of ether oxygens (including phenoxy) is 1. The van der Waals surface area contributed by atoms with E-state index >= 15 is 0 Å². The van der Waals surface area contributed by atoms with E-state index < -0.39 is 0 Å². The van der Waals surface area contributed by atoms with Crippen molar-refractivity contribution in [3.05, 3.63) is 45.4 Å². The number of aromatic nitrogens is 1. The van der Waals surface area contributed by atoms with Crippen molar-refractivity contribution in [3.63, 3.8) is 0 Å². The van der Waals surface area contributed by atoms with Crippen molar-refractivity contribution in [3.8, 4) is 11.8 Å². The monoisotopic (exact) mass is 298 g/mol. The Balaban J connectivity index is 2.53. The Morgan fingerprint density at radius 1 is 1.48 bits per heavy atom. The lowest BCUT2D eigenvalue weighted by atomic mass is 10.1. The molecule has 1 aromatic carbocycles. The van der Waals surface area contributed by atoms with Crippen molar-refractivity contribution < 1.29 is 9.53 Å². The number of Topliss-reactive ketones (excluding diaryl/α,β-unsaturated/α-hetero) is 1. The van der Waals surface area contributed by atoms with Gasteiger partial charge in [0.15, 0.2) is 5.78 Å². The van der Waals surface area contributed by atoms with E-state index in [0.29, 0.717) is 21.9 Å². The van der Waals surface area contributed by atoms with Gasteiger partial charge in [-0.15, -0.1) is 11.3 Å². The molecule has 0 aliphatic carbocycles. The molecule has 106 valence electrons. The zero-order chi connectivity index (χ0) is 15.4. The van der Waals surface area contributed by atoms with Gasteiger partial charge >= 0.3 is 0 Å². The van der Waals surface area contributed by atoms with Gasteiger partial charge in [-0.2, -0.15) is 5.26 Å². The van der Waals surface area contributed by atoms with Gasteiger partial charge in [-0.3, -0.25) is 4.79 Å². The highest BCUT2D eigenvalue weighted by Crippen LogP contribution is 2.28. The van der Waals surface area contributed by atoms with Crippen molar-refractivity contribution in [1.29, 1.82) is 5.26 Å². The molecule has 0 aliphatic heterocycles. The summed E-state index contributed by atoms with van der Waals surface area (Å²) in [4.78, 5) is 17.2. The topological polar surface area (TPSA) is 63.0 Å². The second-order valence-electron chi connectivity index (χ2n) is 4.46. The summed E-state index contributed by atoms with van der Waals surface area (Å²) in [6.45, 7) is 3.46. The van der Waals surface area contributed by atoms with Crippen molar-refractivity contribution in [2.24, 2.45) is 0 Å². The molecule has 0 fully saturated rings. The highest BCUT2D eigenvalue weighted by molar-refractivity contribution is 7.13. The Morgan fingerprint density at radius 2 is 2.24 bits per heavy atom. The Bertz CT molecular complexity index is 754. The fraction of sp³-hybridized carbons (Fsp3) is 0.188. The molecule has 0 amide bonds. The van der Waals surface area contributed by atoms with Gasteiger partial charge in [0, 0.05) is 16.6 Å². The van der Waals surface area contributed by atoms with Crippen molar-refractivity contribution in [2.45, 2.75) is 13.8 Å². The number of nitriles is 1. The fourth-order valence-electron chi connectivity index (χ4n) is 1.85. The molecule has 4 nitrogen and oxygen atoms in total. The number of hydrogen-bond acceptors (Lipinski definition) is 5. The minimum Gasteiger partial charge on any atom is -0.496 e. The van der Waals surface area contributed by atoms with Gasteiger partial charge in [0.25, 0.3) is 0 Å². The lowest BCUT2D eigenvalue weighted by molar-refractivity contribution is -0.111. The summed E-state index contributed by atoms with van der Waals surface area (Å²) in [6, 6.07) is 7.17. The van der Waals surface area contributed by atoms with Crippen LogP contribution in [-0.2, 0) is 4.79 Å². The van der Waals surface area contributed by atoms with Crippen LogP contribution in [0.3, 0.4) is 0 Å². The predicted octanol–water partition coefficient (Wildman–Crippen LogP) is 3.46. The smallest absolute Gasteiger partial charge is 0.162 e. The maximum atomic E-state index is 11.9. The standard InChI is InChI=1S/C16H14N2O2S/c1-10-9-18-16(21-10)14(11(2)19)7-13-5-4-12(8-17)6-15(13)20-3/h4-7,9H,1-3H3. The van der Waals surface area contributed by atoms with Crippen LogP contribution in [0.25, 0.3) is 11.6 Å². The van der Waals surface area contributed by atoms with Gasteiger partial charge in [-0.25, -0.2) is 4.98 Å². The molecule has 0 spiro atoms. The quantitative estimate of drug-likeness (QED) is 0.811. The first-order chi connectivity index (χ1) is 10.0. The zero-order valence-electron chi connectivity index (χ0n) is 12.0. The number of methoxy groups -OCH3 is 1. The largest absolute Gasteiger partial charge is 0.496 e. The molecule has 5 heteroatoms. The van der Waals surface area contributed by atoms with Crippen molar-refractivity contribution in [2.75, 3.05) is 7.11 Å². The van der Waals surface area contributed by atoms with Gasteiger partial charge in [0.1, 0.15) is 10.8 Å². The summed E-state index contributed by atoms with van der Waals surface area (Å²) in [7, 11) is 1.54. The third kappa shape index (κ3) is 3.36. The Hall–Kier alpha value is -2.45. The summed E-state index contributed by atoms with van der Waals surface area (Å²) < 4.78 is 5.29. The third-order valence-corrected chi connectivity index (χ3v) is 3.84. The van der Waals surface area contributed by atoms with Crippen molar-refractivity contribution >= 4 is 28.8 Å². The lowest BCUT2D eigenvalue weighted by Crippen LogP contribution is -1.96. The lowest BCUT2D eigenvalue weighted by Gasteiger charge is -2.06. The third-order valence-electron chi connectivity index (χ3n) is 2.89. The van der Waals surface area contributed by atoms with Crippen LogP contribution < -0.4 is 4.74 Å². The number of allylic oxidation sites excluding steroid dienone is 1. The zero-order valence-corrected chi connectivity index (χ0v) is 12.8. The maximum Gasteiger partial charge on any atom is 0.162 e. The van der Waals surface area contributed by atoms with Crippen LogP contribution >= 0.6 is 11.3 Å². The van der Waals surface area contributed by atoms with Crippen molar-refractivity contribution in [1.82, 2.24) is 4.98 Å². The molecule has 0 bridgehead atoms. The molecular formula is C16H14N2O2S. The minimum atomic E-state index is -0.0595. The maximum absolute atomic E-state index is 11.9. The van der Waals surface area contributed by atoms with E-state index in [2.05, 4.69) is 11.1 Å². The number of ketones is 1. The molecular weight excluding hydrogens is 284 g/mol. The van der Waals surface area contributed by atoms with Crippen LogP contribution in [0.2, 0.25) is 0 Å². The van der Waals surface area contributed by atoms with Crippen LogP contribution in [-0.4, -0.2) is 17.9 Å².